The minimum absolute atomic E-state index is 0.0508. The zero-order valence-electron chi connectivity index (χ0n) is 7.62. The molecule has 0 fully saturated rings. The summed E-state index contributed by atoms with van der Waals surface area (Å²) in [7, 11) is 0. The second-order valence-electron chi connectivity index (χ2n) is 3.34. The van der Waals surface area contributed by atoms with E-state index in [1.54, 1.807) is 0 Å². The molecule has 1 aliphatic rings. The van der Waals surface area contributed by atoms with E-state index in [0.29, 0.717) is 0 Å². The number of hydrogen-bond donors (Lipinski definition) is 0. The maximum atomic E-state index is 11.4. The van der Waals surface area contributed by atoms with Crippen LogP contribution in [0.25, 0.3) is 0 Å². The molecule has 0 amide bonds. The fourth-order valence-electron chi connectivity index (χ4n) is 1.62. The molecule has 0 saturated carbocycles. The third kappa shape index (κ3) is 1.44. The fraction of sp³-hybridized carbons (Fsp3) is 0.364. The van der Waals surface area contributed by atoms with Gasteiger partial charge in [0.15, 0.2) is 0 Å². The highest BCUT2D eigenvalue weighted by molar-refractivity contribution is 5.77. The molecule has 0 saturated heterocycles. The van der Waals surface area contributed by atoms with Gasteiger partial charge in [-0.25, -0.2) is 0 Å². The van der Waals surface area contributed by atoms with Gasteiger partial charge >= 0.3 is 5.97 Å². The molecule has 2 nitrogen and oxygen atoms in total. The predicted octanol–water partition coefficient (Wildman–Crippen LogP) is 2.17. The third-order valence-electron chi connectivity index (χ3n) is 2.48. The van der Waals surface area contributed by atoms with Crippen LogP contribution in [0.5, 0.6) is 5.75 Å². The Kier molecular flexibility index (Phi) is 2.05. The van der Waals surface area contributed by atoms with Crippen molar-refractivity contribution in [2.45, 2.75) is 19.8 Å². The Labute approximate surface area is 77.5 Å². The molecular formula is C11H12O2. The normalized spacial score (nSPS) is 20.7. The molecule has 2 rings (SSSR count). The fourth-order valence-corrected chi connectivity index (χ4v) is 1.62. The van der Waals surface area contributed by atoms with Crippen molar-refractivity contribution in [3.8, 4) is 5.75 Å². The Morgan fingerprint density at radius 3 is 3.00 bits per heavy atom. The van der Waals surface area contributed by atoms with Crippen LogP contribution in [0.1, 0.15) is 18.9 Å². The van der Waals surface area contributed by atoms with Crippen LogP contribution in [0.15, 0.2) is 24.3 Å². The molecule has 1 heterocycles. The molecule has 13 heavy (non-hydrogen) atoms. The van der Waals surface area contributed by atoms with Crippen LogP contribution in [0.2, 0.25) is 0 Å². The Morgan fingerprint density at radius 2 is 2.23 bits per heavy atom. The number of para-hydroxylation sites is 1. The Bertz CT molecular complexity index is 331. The lowest BCUT2D eigenvalue weighted by molar-refractivity contribution is -0.140. The first-order valence-electron chi connectivity index (χ1n) is 4.61. The second kappa shape index (κ2) is 3.21. The monoisotopic (exact) mass is 176 g/mol. The maximum Gasteiger partial charge on any atom is 0.314 e. The Morgan fingerprint density at radius 1 is 1.46 bits per heavy atom. The Balaban J connectivity index is 2.33. The first kappa shape index (κ1) is 8.30. The molecular weight excluding hydrogens is 164 g/mol. The summed E-state index contributed by atoms with van der Waals surface area (Å²) in [5, 5.41) is 0. The van der Waals surface area contributed by atoms with E-state index in [2.05, 4.69) is 0 Å². The average Bonchev–Trinajstić information content (AvgIpc) is 2.17. The lowest BCUT2D eigenvalue weighted by Gasteiger charge is -2.21. The molecule has 1 aliphatic heterocycles. The molecule has 2 heteroatoms. The van der Waals surface area contributed by atoms with Crippen molar-refractivity contribution >= 4 is 5.97 Å². The number of ether oxygens (including phenoxy) is 1. The lowest BCUT2D eigenvalue weighted by atomic mass is 9.94. The van der Waals surface area contributed by atoms with E-state index in [9.17, 15) is 4.79 Å². The van der Waals surface area contributed by atoms with E-state index in [4.69, 9.17) is 4.74 Å². The highest BCUT2D eigenvalue weighted by Crippen LogP contribution is 2.28. The topological polar surface area (TPSA) is 26.3 Å². The Hall–Kier alpha value is -1.31. The number of fused-ring (bicyclic) bond motifs is 1. The standard InChI is InChI=1S/C11H12O2/c1-2-8-7-9-5-3-4-6-10(9)13-11(8)12/h3-6,8H,2,7H2,1H3/t8-/m1/s1. The summed E-state index contributed by atoms with van der Waals surface area (Å²) in [5.74, 6) is 0.702. The molecule has 0 radical (unpaired) electrons. The van der Waals surface area contributed by atoms with E-state index in [1.165, 1.54) is 0 Å². The number of rotatable bonds is 1. The van der Waals surface area contributed by atoms with Gasteiger partial charge in [0, 0.05) is 0 Å². The van der Waals surface area contributed by atoms with Crippen LogP contribution in [-0.2, 0) is 11.2 Å². The van der Waals surface area contributed by atoms with Crippen molar-refractivity contribution in [2.75, 3.05) is 0 Å². The van der Waals surface area contributed by atoms with Crippen LogP contribution in [0.4, 0.5) is 0 Å². The van der Waals surface area contributed by atoms with Crippen molar-refractivity contribution in [3.05, 3.63) is 29.8 Å². The van der Waals surface area contributed by atoms with Crippen LogP contribution >= 0.6 is 0 Å². The van der Waals surface area contributed by atoms with Crippen LogP contribution in [0, 0.1) is 5.92 Å². The molecule has 0 spiro atoms. The summed E-state index contributed by atoms with van der Waals surface area (Å²) in [6, 6.07) is 7.73. The summed E-state index contributed by atoms with van der Waals surface area (Å²) < 4.78 is 5.20. The summed E-state index contributed by atoms with van der Waals surface area (Å²) in [6.07, 6.45) is 1.68. The number of carbonyl (C=O) groups is 1. The van der Waals surface area contributed by atoms with Gasteiger partial charge in [0.05, 0.1) is 5.92 Å². The summed E-state index contributed by atoms with van der Waals surface area (Å²) in [4.78, 5) is 11.4. The average molecular weight is 176 g/mol. The summed E-state index contributed by atoms with van der Waals surface area (Å²) in [6.45, 7) is 2.01. The molecule has 0 unspecified atom stereocenters. The van der Waals surface area contributed by atoms with Gasteiger partial charge in [-0.2, -0.15) is 0 Å². The van der Waals surface area contributed by atoms with Gasteiger partial charge in [-0.15, -0.1) is 0 Å². The minimum atomic E-state index is -0.0822. The molecule has 1 aromatic carbocycles. The zero-order chi connectivity index (χ0) is 9.26. The third-order valence-corrected chi connectivity index (χ3v) is 2.48. The van der Waals surface area contributed by atoms with Gasteiger partial charge in [0.1, 0.15) is 5.75 Å². The van der Waals surface area contributed by atoms with Gasteiger partial charge in [0.25, 0.3) is 0 Å². The van der Waals surface area contributed by atoms with E-state index in [0.717, 1.165) is 24.2 Å². The van der Waals surface area contributed by atoms with Crippen molar-refractivity contribution in [2.24, 2.45) is 5.92 Å². The zero-order valence-corrected chi connectivity index (χ0v) is 7.62. The molecule has 68 valence electrons. The molecule has 1 atom stereocenters. The highest BCUT2D eigenvalue weighted by atomic mass is 16.5. The molecule has 0 aliphatic carbocycles. The van der Waals surface area contributed by atoms with Crippen LogP contribution in [-0.4, -0.2) is 5.97 Å². The van der Waals surface area contributed by atoms with Gasteiger partial charge in [-0.05, 0) is 24.5 Å². The highest BCUT2D eigenvalue weighted by Gasteiger charge is 2.26. The van der Waals surface area contributed by atoms with Crippen LogP contribution in [0.3, 0.4) is 0 Å². The van der Waals surface area contributed by atoms with Gasteiger partial charge < -0.3 is 4.74 Å². The van der Waals surface area contributed by atoms with E-state index in [1.807, 2.05) is 31.2 Å². The lowest BCUT2D eigenvalue weighted by Crippen LogP contribution is -2.26. The number of carbonyl (C=O) groups excluding carboxylic acids is 1. The molecule has 0 N–H and O–H groups in total. The van der Waals surface area contributed by atoms with Crippen molar-refractivity contribution < 1.29 is 9.53 Å². The van der Waals surface area contributed by atoms with Crippen molar-refractivity contribution in [1.82, 2.24) is 0 Å². The molecule has 1 aromatic rings. The summed E-state index contributed by atoms with van der Waals surface area (Å²) in [5.41, 5.74) is 1.15. The number of benzene rings is 1. The van der Waals surface area contributed by atoms with Crippen molar-refractivity contribution in [1.29, 1.82) is 0 Å². The van der Waals surface area contributed by atoms with Gasteiger partial charge in [-0.3, -0.25) is 4.79 Å². The first-order valence-corrected chi connectivity index (χ1v) is 4.61. The number of hydrogen-bond acceptors (Lipinski definition) is 2. The SMILES string of the molecule is CC[C@@H]1Cc2ccccc2OC1=O. The quantitative estimate of drug-likeness (QED) is 0.484. The minimum Gasteiger partial charge on any atom is -0.426 e. The summed E-state index contributed by atoms with van der Waals surface area (Å²) >= 11 is 0. The molecule has 0 aromatic heterocycles. The van der Waals surface area contributed by atoms with Crippen LogP contribution < -0.4 is 4.74 Å². The predicted molar refractivity (Wildman–Crippen MR) is 49.6 cm³/mol. The van der Waals surface area contributed by atoms with Crippen molar-refractivity contribution in [3.63, 3.8) is 0 Å². The van der Waals surface area contributed by atoms with Gasteiger partial charge in [0.2, 0.25) is 0 Å². The smallest absolute Gasteiger partial charge is 0.314 e. The van der Waals surface area contributed by atoms with E-state index >= 15 is 0 Å². The maximum absolute atomic E-state index is 11.4. The largest absolute Gasteiger partial charge is 0.426 e. The number of esters is 1. The van der Waals surface area contributed by atoms with Gasteiger partial charge in [-0.1, -0.05) is 25.1 Å². The molecule has 0 bridgehead atoms. The van der Waals surface area contributed by atoms with E-state index < -0.39 is 0 Å². The van der Waals surface area contributed by atoms with E-state index in [-0.39, 0.29) is 11.9 Å². The second-order valence-corrected chi connectivity index (χ2v) is 3.34. The first-order chi connectivity index (χ1) is 6.31.